The Labute approximate surface area is 252 Å². The summed E-state index contributed by atoms with van der Waals surface area (Å²) in [5.41, 5.74) is 3.92. The van der Waals surface area contributed by atoms with Gasteiger partial charge in [-0.15, -0.1) is 6.58 Å². The monoisotopic (exact) mass is 579 g/mol. The average Bonchev–Trinajstić information content (AvgIpc) is 3.02. The van der Waals surface area contributed by atoms with Gasteiger partial charge >= 0.3 is 6.03 Å². The predicted molar refractivity (Wildman–Crippen MR) is 168 cm³/mol. The zero-order valence-corrected chi connectivity index (χ0v) is 24.2. The Morgan fingerprint density at radius 1 is 0.907 bits per heavy atom. The van der Waals surface area contributed by atoms with Gasteiger partial charge in [0.15, 0.2) is 6.29 Å². The summed E-state index contributed by atoms with van der Waals surface area (Å²) in [4.78, 5) is 15.0. The lowest BCUT2D eigenvalue weighted by Gasteiger charge is -2.37. The van der Waals surface area contributed by atoms with E-state index in [1.54, 1.807) is 24.3 Å². The summed E-state index contributed by atoms with van der Waals surface area (Å²) in [6.45, 7) is 5.30. The Hall–Kier alpha value is -4.47. The lowest BCUT2D eigenvalue weighted by Crippen LogP contribution is -2.37. The molecule has 222 valence electrons. The average molecular weight is 580 g/mol. The molecule has 4 aromatic rings. The van der Waals surface area contributed by atoms with E-state index in [9.17, 15) is 9.90 Å². The van der Waals surface area contributed by atoms with Crippen LogP contribution in [0.2, 0.25) is 0 Å². The summed E-state index contributed by atoms with van der Waals surface area (Å²) in [6, 6.07) is 31.6. The SMILES string of the molecule is C=CCN(C)C[C@H]1C[C@@H](c2ccc(CO)cc2)O[C@@H](c2cccc(NC(=O)Nc3ccc(Oc4ccccc4)cc3)c2)O1. The maximum atomic E-state index is 12.8. The third-order valence-electron chi connectivity index (χ3n) is 7.08. The summed E-state index contributed by atoms with van der Waals surface area (Å²) in [5.74, 6) is 1.42. The second-order valence-electron chi connectivity index (χ2n) is 10.5. The number of hydrogen-bond donors (Lipinski definition) is 3. The van der Waals surface area contributed by atoms with Crippen LogP contribution in [0.1, 0.15) is 35.5 Å². The van der Waals surface area contributed by atoms with Crippen LogP contribution in [0.15, 0.2) is 116 Å². The summed E-state index contributed by atoms with van der Waals surface area (Å²) in [7, 11) is 2.04. The zero-order valence-electron chi connectivity index (χ0n) is 24.2. The second-order valence-corrected chi connectivity index (χ2v) is 10.5. The fourth-order valence-electron chi connectivity index (χ4n) is 4.96. The van der Waals surface area contributed by atoms with E-state index in [0.717, 1.165) is 29.0 Å². The Bertz CT molecular complexity index is 1480. The molecule has 1 heterocycles. The van der Waals surface area contributed by atoms with Gasteiger partial charge in [-0.25, -0.2) is 4.79 Å². The number of rotatable bonds is 11. The van der Waals surface area contributed by atoms with Gasteiger partial charge in [0.05, 0.1) is 18.8 Å². The third kappa shape index (κ3) is 8.53. The lowest BCUT2D eigenvalue weighted by molar-refractivity contribution is -0.252. The molecule has 0 spiro atoms. The second kappa shape index (κ2) is 14.6. The topological polar surface area (TPSA) is 92.3 Å². The minimum Gasteiger partial charge on any atom is -0.457 e. The largest absolute Gasteiger partial charge is 0.457 e. The van der Waals surface area contributed by atoms with Gasteiger partial charge in [-0.1, -0.05) is 60.7 Å². The highest BCUT2D eigenvalue weighted by Gasteiger charge is 2.32. The molecule has 0 unspecified atom stereocenters. The van der Waals surface area contributed by atoms with Crippen molar-refractivity contribution in [2.75, 3.05) is 30.8 Å². The number of urea groups is 1. The van der Waals surface area contributed by atoms with Crippen LogP contribution in [0.5, 0.6) is 11.5 Å². The number of nitrogens with one attached hydrogen (secondary N) is 2. The molecule has 5 rings (SSSR count). The highest BCUT2D eigenvalue weighted by Crippen LogP contribution is 2.38. The Morgan fingerprint density at radius 2 is 1.63 bits per heavy atom. The van der Waals surface area contributed by atoms with Crippen molar-refractivity contribution in [3.8, 4) is 11.5 Å². The summed E-state index contributed by atoms with van der Waals surface area (Å²) in [6.07, 6.45) is 1.66. The first kappa shape index (κ1) is 30.0. The van der Waals surface area contributed by atoms with E-state index in [2.05, 4.69) is 22.1 Å². The Morgan fingerprint density at radius 3 is 2.35 bits per heavy atom. The van der Waals surface area contributed by atoms with Gasteiger partial charge in [0.1, 0.15) is 11.5 Å². The smallest absolute Gasteiger partial charge is 0.323 e. The molecule has 3 atom stereocenters. The molecular formula is C35H37N3O5. The standard InChI is InChI=1S/C35H37N3O5/c1-3-20-38(2)23-32-22-33(26-14-12-25(24-39)13-15-26)43-34(42-32)27-8-7-9-29(21-27)37-35(40)36-28-16-18-31(19-17-28)41-30-10-5-4-6-11-30/h3-19,21,32-34,39H,1,20,22-24H2,2H3,(H2,36,37,40)/t32-,33+,34+/m1/s1. The molecule has 0 aromatic heterocycles. The Kier molecular flexibility index (Phi) is 10.2. The molecule has 0 bridgehead atoms. The molecule has 0 aliphatic carbocycles. The normalized spacial score (nSPS) is 18.2. The maximum Gasteiger partial charge on any atom is 0.323 e. The van der Waals surface area contributed by atoms with Crippen molar-refractivity contribution >= 4 is 17.4 Å². The first-order valence-electron chi connectivity index (χ1n) is 14.3. The molecule has 3 N–H and O–H groups in total. The van der Waals surface area contributed by atoms with Crippen molar-refractivity contribution in [3.05, 3.63) is 132 Å². The van der Waals surface area contributed by atoms with Crippen LogP contribution < -0.4 is 15.4 Å². The van der Waals surface area contributed by atoms with Crippen molar-refractivity contribution in [3.63, 3.8) is 0 Å². The number of ether oxygens (including phenoxy) is 3. The van der Waals surface area contributed by atoms with Gasteiger partial charge < -0.3 is 34.9 Å². The maximum absolute atomic E-state index is 12.8. The van der Waals surface area contributed by atoms with Crippen LogP contribution in [0, 0.1) is 0 Å². The number of likely N-dealkylation sites (N-methyl/N-ethyl adjacent to an activating group) is 1. The number of nitrogens with zero attached hydrogens (tertiary/aromatic N) is 1. The highest BCUT2D eigenvalue weighted by molar-refractivity contribution is 5.99. The van der Waals surface area contributed by atoms with E-state index in [0.29, 0.717) is 30.1 Å². The van der Waals surface area contributed by atoms with Gasteiger partial charge in [0.25, 0.3) is 0 Å². The molecule has 8 nitrogen and oxygen atoms in total. The van der Waals surface area contributed by atoms with Gasteiger partial charge in [0.2, 0.25) is 0 Å². The fraction of sp³-hybridized carbons (Fsp3) is 0.229. The highest BCUT2D eigenvalue weighted by atomic mass is 16.7. The van der Waals surface area contributed by atoms with Gasteiger partial charge in [0, 0.05) is 36.4 Å². The first-order valence-corrected chi connectivity index (χ1v) is 14.3. The van der Waals surface area contributed by atoms with Crippen molar-refractivity contribution in [1.82, 2.24) is 4.90 Å². The van der Waals surface area contributed by atoms with Crippen LogP contribution in [0.3, 0.4) is 0 Å². The number of carbonyl (C=O) groups is 1. The number of aliphatic hydroxyl groups is 1. The molecule has 1 saturated heterocycles. The molecular weight excluding hydrogens is 542 g/mol. The molecule has 43 heavy (non-hydrogen) atoms. The molecule has 1 aliphatic heterocycles. The summed E-state index contributed by atoms with van der Waals surface area (Å²) in [5, 5.41) is 15.2. The van der Waals surface area contributed by atoms with Crippen LogP contribution in [0.4, 0.5) is 16.2 Å². The van der Waals surface area contributed by atoms with Crippen molar-refractivity contribution < 1.29 is 24.1 Å². The van der Waals surface area contributed by atoms with Crippen molar-refractivity contribution in [2.45, 2.75) is 31.5 Å². The van der Waals surface area contributed by atoms with Gasteiger partial charge in [-0.2, -0.15) is 0 Å². The molecule has 8 heteroatoms. The first-order chi connectivity index (χ1) is 21.0. The molecule has 2 amide bonds. The number of hydrogen-bond acceptors (Lipinski definition) is 6. The van der Waals surface area contributed by atoms with E-state index < -0.39 is 6.29 Å². The number of benzene rings is 4. The predicted octanol–water partition coefficient (Wildman–Crippen LogP) is 7.28. The number of carbonyl (C=O) groups excluding carboxylic acids is 1. The third-order valence-corrected chi connectivity index (χ3v) is 7.08. The van der Waals surface area contributed by atoms with Crippen LogP contribution in [-0.4, -0.2) is 42.3 Å². The van der Waals surface area contributed by atoms with Crippen molar-refractivity contribution in [1.29, 1.82) is 0 Å². The van der Waals surface area contributed by atoms with E-state index in [1.807, 2.05) is 92.0 Å². The molecule has 1 aliphatic rings. The van der Waals surface area contributed by atoms with Gasteiger partial charge in [-0.3, -0.25) is 0 Å². The van der Waals surface area contributed by atoms with Gasteiger partial charge in [-0.05, 0) is 66.7 Å². The Balaban J connectivity index is 1.24. The zero-order chi connectivity index (χ0) is 30.0. The minimum atomic E-state index is -0.625. The number of amides is 2. The number of para-hydroxylation sites is 1. The summed E-state index contributed by atoms with van der Waals surface area (Å²) >= 11 is 0. The molecule has 1 fully saturated rings. The van der Waals surface area contributed by atoms with E-state index >= 15 is 0 Å². The summed E-state index contributed by atoms with van der Waals surface area (Å²) < 4.78 is 18.7. The number of aliphatic hydroxyl groups excluding tert-OH is 1. The number of anilines is 2. The van der Waals surface area contributed by atoms with Crippen LogP contribution in [0.25, 0.3) is 0 Å². The quantitative estimate of drug-likeness (QED) is 0.162. The minimum absolute atomic E-state index is 0.00609. The van der Waals surface area contributed by atoms with Crippen molar-refractivity contribution in [2.24, 2.45) is 0 Å². The fourth-order valence-corrected chi connectivity index (χ4v) is 4.96. The molecule has 0 radical (unpaired) electrons. The van der Waals surface area contributed by atoms with E-state index in [4.69, 9.17) is 14.2 Å². The van der Waals surface area contributed by atoms with Crippen LogP contribution in [-0.2, 0) is 16.1 Å². The lowest BCUT2D eigenvalue weighted by atomic mass is 9.99. The molecule has 4 aromatic carbocycles. The van der Waals surface area contributed by atoms with E-state index in [1.165, 1.54) is 0 Å². The van der Waals surface area contributed by atoms with Crippen LogP contribution >= 0.6 is 0 Å². The molecule has 0 saturated carbocycles. The van der Waals surface area contributed by atoms with E-state index in [-0.39, 0.29) is 24.8 Å².